The molecule has 1 N–H and O–H groups in total. The van der Waals surface area contributed by atoms with Gasteiger partial charge in [0.2, 0.25) is 5.91 Å². The molecule has 0 fully saturated rings. The van der Waals surface area contributed by atoms with E-state index in [4.69, 9.17) is 0 Å². The Labute approximate surface area is 124 Å². The summed E-state index contributed by atoms with van der Waals surface area (Å²) in [5, 5.41) is 2.72. The van der Waals surface area contributed by atoms with Gasteiger partial charge in [-0.25, -0.2) is 12.7 Å². The Morgan fingerprint density at radius 1 is 1.29 bits per heavy atom. The Bertz CT molecular complexity index is 695. The first-order valence-corrected chi connectivity index (χ1v) is 8.10. The number of benzene rings is 1. The zero-order valence-electron chi connectivity index (χ0n) is 12.2. The molecule has 2 rings (SSSR count). The Kier molecular flexibility index (Phi) is 3.79. The van der Waals surface area contributed by atoms with Crippen molar-refractivity contribution in [1.82, 2.24) is 9.62 Å². The van der Waals surface area contributed by atoms with Crippen LogP contribution in [0.15, 0.2) is 29.2 Å². The quantitative estimate of drug-likeness (QED) is 0.904. The summed E-state index contributed by atoms with van der Waals surface area (Å²) < 4.78 is 25.2. The fourth-order valence-electron chi connectivity index (χ4n) is 2.02. The maximum atomic E-state index is 12.3. The molecule has 0 aliphatic carbocycles. The highest BCUT2D eigenvalue weighted by molar-refractivity contribution is 7.90. The molecule has 0 aromatic heterocycles. The van der Waals surface area contributed by atoms with E-state index in [2.05, 4.69) is 5.32 Å². The summed E-state index contributed by atoms with van der Waals surface area (Å²) in [6, 6.07) is 5.96. The van der Waals surface area contributed by atoms with Gasteiger partial charge >= 0.3 is 0 Å². The molecule has 7 heteroatoms. The van der Waals surface area contributed by atoms with Crippen molar-refractivity contribution in [2.75, 3.05) is 6.54 Å². The fourth-order valence-corrected chi connectivity index (χ4v) is 3.55. The minimum absolute atomic E-state index is 0.0439. The van der Waals surface area contributed by atoms with Crippen LogP contribution in [0, 0.1) is 0 Å². The summed E-state index contributed by atoms with van der Waals surface area (Å²) in [5.74, 6) is -1.15. The Balaban J connectivity index is 2.24. The summed E-state index contributed by atoms with van der Waals surface area (Å²) >= 11 is 0. The molecule has 0 spiro atoms. The number of hydrogen-bond donors (Lipinski definition) is 1. The largest absolute Gasteiger partial charge is 0.350 e. The van der Waals surface area contributed by atoms with E-state index in [-0.39, 0.29) is 10.5 Å². The van der Waals surface area contributed by atoms with Gasteiger partial charge in [0.25, 0.3) is 15.9 Å². The van der Waals surface area contributed by atoms with Crippen molar-refractivity contribution >= 4 is 21.8 Å². The molecule has 0 saturated carbocycles. The number of rotatable bonds is 4. The van der Waals surface area contributed by atoms with Gasteiger partial charge in [0.05, 0.1) is 5.56 Å². The van der Waals surface area contributed by atoms with Crippen LogP contribution in [0.25, 0.3) is 0 Å². The first kappa shape index (κ1) is 15.5. The molecule has 6 nitrogen and oxygen atoms in total. The standard InChI is InChI=1S/C14H18N2O4S/c1-4-14(2,3)15-12(17)9-16-13(18)10-7-5-6-8-11(10)21(16,19)20/h5-8H,4,9H2,1-3H3,(H,15,17). The molecule has 1 aromatic carbocycles. The summed E-state index contributed by atoms with van der Waals surface area (Å²) in [4.78, 5) is 24.1. The normalized spacial score (nSPS) is 16.7. The first-order valence-electron chi connectivity index (χ1n) is 6.66. The maximum absolute atomic E-state index is 12.3. The van der Waals surface area contributed by atoms with E-state index in [0.717, 1.165) is 0 Å². The molecule has 0 radical (unpaired) electrons. The molecule has 21 heavy (non-hydrogen) atoms. The maximum Gasteiger partial charge on any atom is 0.269 e. The highest BCUT2D eigenvalue weighted by Crippen LogP contribution is 2.29. The van der Waals surface area contributed by atoms with E-state index in [1.165, 1.54) is 12.1 Å². The van der Waals surface area contributed by atoms with Crippen LogP contribution in [-0.4, -0.2) is 36.6 Å². The molecule has 0 unspecified atom stereocenters. The molecule has 1 aliphatic rings. The van der Waals surface area contributed by atoms with Crippen LogP contribution >= 0.6 is 0 Å². The molecule has 1 heterocycles. The van der Waals surface area contributed by atoms with Gasteiger partial charge in [-0.1, -0.05) is 19.1 Å². The smallest absolute Gasteiger partial charge is 0.269 e. The summed E-state index contributed by atoms with van der Waals surface area (Å²) in [7, 11) is -3.93. The number of sulfonamides is 1. The molecular formula is C14H18N2O4S. The average molecular weight is 310 g/mol. The lowest BCUT2D eigenvalue weighted by atomic mass is 10.0. The minimum atomic E-state index is -3.93. The van der Waals surface area contributed by atoms with Gasteiger partial charge < -0.3 is 5.32 Å². The molecule has 2 amide bonds. The summed E-state index contributed by atoms with van der Waals surface area (Å²) in [5.41, 5.74) is -0.337. The third-order valence-electron chi connectivity index (χ3n) is 3.56. The van der Waals surface area contributed by atoms with E-state index in [1.807, 2.05) is 20.8 Å². The van der Waals surface area contributed by atoms with Crippen LogP contribution < -0.4 is 5.32 Å². The van der Waals surface area contributed by atoms with E-state index < -0.39 is 33.9 Å². The lowest BCUT2D eigenvalue weighted by Gasteiger charge is -2.25. The second-order valence-electron chi connectivity index (χ2n) is 5.60. The molecule has 1 aromatic rings. The molecule has 114 valence electrons. The Morgan fingerprint density at radius 2 is 1.90 bits per heavy atom. The van der Waals surface area contributed by atoms with Gasteiger partial charge in [0.15, 0.2) is 0 Å². The van der Waals surface area contributed by atoms with E-state index in [0.29, 0.717) is 10.7 Å². The fraction of sp³-hybridized carbons (Fsp3) is 0.429. The minimum Gasteiger partial charge on any atom is -0.350 e. The number of amides is 2. The highest BCUT2D eigenvalue weighted by Gasteiger charge is 2.42. The van der Waals surface area contributed by atoms with Crippen molar-refractivity contribution < 1.29 is 18.0 Å². The van der Waals surface area contributed by atoms with Gasteiger partial charge in [0, 0.05) is 5.54 Å². The van der Waals surface area contributed by atoms with Crippen LogP contribution in [0.1, 0.15) is 37.6 Å². The predicted octanol–water partition coefficient (Wildman–Crippen LogP) is 1.14. The van der Waals surface area contributed by atoms with Crippen LogP contribution in [0.4, 0.5) is 0 Å². The van der Waals surface area contributed by atoms with Crippen molar-refractivity contribution in [3.8, 4) is 0 Å². The van der Waals surface area contributed by atoms with E-state index in [9.17, 15) is 18.0 Å². The molecule has 1 aliphatic heterocycles. The summed E-state index contributed by atoms with van der Waals surface area (Å²) in [6.45, 7) is 5.08. The highest BCUT2D eigenvalue weighted by atomic mass is 32.2. The molecule has 0 bridgehead atoms. The first-order chi connectivity index (χ1) is 9.69. The monoisotopic (exact) mass is 310 g/mol. The van der Waals surface area contributed by atoms with Gasteiger partial charge in [-0.15, -0.1) is 0 Å². The SMILES string of the molecule is CCC(C)(C)NC(=O)CN1C(=O)c2ccccc2S1(=O)=O. The zero-order chi connectivity index (χ0) is 15.8. The van der Waals surface area contributed by atoms with Gasteiger partial charge in [0.1, 0.15) is 11.4 Å². The van der Waals surface area contributed by atoms with Crippen LogP contribution in [0.3, 0.4) is 0 Å². The zero-order valence-corrected chi connectivity index (χ0v) is 13.0. The van der Waals surface area contributed by atoms with Gasteiger partial charge in [-0.3, -0.25) is 9.59 Å². The summed E-state index contributed by atoms with van der Waals surface area (Å²) in [6.07, 6.45) is 0.694. The number of nitrogens with zero attached hydrogens (tertiary/aromatic N) is 1. The van der Waals surface area contributed by atoms with Crippen molar-refractivity contribution in [2.45, 2.75) is 37.6 Å². The van der Waals surface area contributed by atoms with E-state index >= 15 is 0 Å². The van der Waals surface area contributed by atoms with Gasteiger partial charge in [-0.05, 0) is 32.4 Å². The number of carbonyl (C=O) groups excluding carboxylic acids is 2. The van der Waals surface area contributed by atoms with Crippen molar-refractivity contribution in [3.63, 3.8) is 0 Å². The predicted molar refractivity (Wildman–Crippen MR) is 77.2 cm³/mol. The molecule has 0 saturated heterocycles. The lowest BCUT2D eigenvalue weighted by Crippen LogP contribution is -2.48. The number of carbonyl (C=O) groups is 2. The Hall–Kier alpha value is -1.89. The third kappa shape index (κ3) is 2.78. The van der Waals surface area contributed by atoms with Gasteiger partial charge in [-0.2, -0.15) is 0 Å². The second kappa shape index (κ2) is 5.14. The average Bonchev–Trinajstić information content (AvgIpc) is 2.60. The van der Waals surface area contributed by atoms with Crippen molar-refractivity contribution in [2.24, 2.45) is 0 Å². The third-order valence-corrected chi connectivity index (χ3v) is 5.35. The van der Waals surface area contributed by atoms with E-state index in [1.54, 1.807) is 12.1 Å². The van der Waals surface area contributed by atoms with Crippen molar-refractivity contribution in [3.05, 3.63) is 29.8 Å². The van der Waals surface area contributed by atoms with Crippen LogP contribution in [-0.2, 0) is 14.8 Å². The van der Waals surface area contributed by atoms with Crippen LogP contribution in [0.2, 0.25) is 0 Å². The number of hydrogen-bond acceptors (Lipinski definition) is 4. The molecule has 0 atom stereocenters. The van der Waals surface area contributed by atoms with Crippen molar-refractivity contribution in [1.29, 1.82) is 0 Å². The topological polar surface area (TPSA) is 83.6 Å². The number of nitrogens with one attached hydrogen (secondary N) is 1. The second-order valence-corrected chi connectivity index (χ2v) is 7.43. The number of fused-ring (bicyclic) bond motifs is 1. The Morgan fingerprint density at radius 3 is 2.48 bits per heavy atom. The van der Waals surface area contributed by atoms with Crippen LogP contribution in [0.5, 0.6) is 0 Å². The lowest BCUT2D eigenvalue weighted by molar-refractivity contribution is -0.122. The molecular weight excluding hydrogens is 292 g/mol.